The highest BCUT2D eigenvalue weighted by atomic mass is 32.2. The third-order valence-corrected chi connectivity index (χ3v) is 6.51. The highest BCUT2D eigenvalue weighted by Crippen LogP contribution is 2.23. The van der Waals surface area contributed by atoms with Crippen molar-refractivity contribution in [1.29, 1.82) is 0 Å². The van der Waals surface area contributed by atoms with E-state index in [-0.39, 0.29) is 5.82 Å². The maximum Gasteiger partial charge on any atom is 0.124 e. The highest BCUT2D eigenvalue weighted by molar-refractivity contribution is 7.96. The van der Waals surface area contributed by atoms with E-state index < -0.39 is 0 Å². The summed E-state index contributed by atoms with van der Waals surface area (Å²) in [5.74, 6) is 0.958. The maximum absolute atomic E-state index is 14.1. The normalized spacial score (nSPS) is 14.8. The number of aromatic nitrogens is 1. The zero-order valence-corrected chi connectivity index (χ0v) is 18.2. The van der Waals surface area contributed by atoms with E-state index in [2.05, 4.69) is 51.4 Å². The molecule has 0 N–H and O–H groups in total. The van der Waals surface area contributed by atoms with Crippen LogP contribution in [0.25, 0.3) is 11.1 Å². The van der Waals surface area contributed by atoms with Crippen LogP contribution in [0, 0.1) is 5.82 Å². The fourth-order valence-electron chi connectivity index (χ4n) is 3.93. The highest BCUT2D eigenvalue weighted by Gasteiger charge is 2.16. The first-order chi connectivity index (χ1) is 14.7. The molecule has 0 aliphatic carbocycles. The number of pyridine rings is 1. The van der Waals surface area contributed by atoms with Crippen LogP contribution in [0.2, 0.25) is 0 Å². The average molecular weight is 422 g/mol. The van der Waals surface area contributed by atoms with Crippen molar-refractivity contribution in [3.63, 3.8) is 0 Å². The van der Waals surface area contributed by atoms with Gasteiger partial charge in [-0.2, -0.15) is 0 Å². The lowest BCUT2D eigenvalue weighted by atomic mass is 9.99. The van der Waals surface area contributed by atoms with Gasteiger partial charge in [-0.15, -0.1) is 0 Å². The summed E-state index contributed by atoms with van der Waals surface area (Å²) in [7, 11) is 0. The molecule has 5 heteroatoms. The molecular weight excluding hydrogens is 393 g/mol. The van der Waals surface area contributed by atoms with Gasteiger partial charge in [0.1, 0.15) is 5.82 Å². The van der Waals surface area contributed by atoms with Crippen LogP contribution >= 0.6 is 11.9 Å². The Morgan fingerprint density at radius 2 is 1.53 bits per heavy atom. The summed E-state index contributed by atoms with van der Waals surface area (Å²) in [6, 6.07) is 18.0. The Morgan fingerprint density at radius 3 is 2.23 bits per heavy atom. The third kappa shape index (κ3) is 5.41. The van der Waals surface area contributed by atoms with Gasteiger partial charge in [0.25, 0.3) is 0 Å². The van der Waals surface area contributed by atoms with Crippen molar-refractivity contribution in [2.75, 3.05) is 36.8 Å². The molecule has 0 atom stereocenters. The first kappa shape index (κ1) is 20.9. The Balaban J connectivity index is 1.36. The molecule has 1 aromatic heterocycles. The number of aryl methyl sites for hydroxylation is 2. The lowest BCUT2D eigenvalue weighted by Gasteiger charge is -2.35. The number of benzene rings is 2. The van der Waals surface area contributed by atoms with E-state index in [1.165, 1.54) is 11.3 Å². The van der Waals surface area contributed by atoms with Crippen molar-refractivity contribution in [3.8, 4) is 11.1 Å². The fourth-order valence-corrected chi connectivity index (χ4v) is 4.71. The Kier molecular flexibility index (Phi) is 7.03. The molecule has 1 aliphatic heterocycles. The largest absolute Gasteiger partial charge is 0.369 e. The van der Waals surface area contributed by atoms with Gasteiger partial charge in [-0.3, -0.25) is 4.98 Å². The lowest BCUT2D eigenvalue weighted by molar-refractivity contribution is 0.430. The summed E-state index contributed by atoms with van der Waals surface area (Å²) in [5.41, 5.74) is 5.50. The minimum Gasteiger partial charge on any atom is -0.369 e. The van der Waals surface area contributed by atoms with Crippen LogP contribution in [-0.2, 0) is 12.8 Å². The molecule has 1 saturated heterocycles. The van der Waals surface area contributed by atoms with E-state index in [0.29, 0.717) is 0 Å². The minimum absolute atomic E-state index is 0.185. The summed E-state index contributed by atoms with van der Waals surface area (Å²) in [6.45, 7) is 6.58. The van der Waals surface area contributed by atoms with E-state index in [0.717, 1.165) is 61.5 Å². The van der Waals surface area contributed by atoms with Crippen LogP contribution in [0.1, 0.15) is 18.1 Å². The van der Waals surface area contributed by atoms with Crippen LogP contribution in [0.5, 0.6) is 0 Å². The molecule has 1 aliphatic rings. The molecule has 1 fully saturated rings. The summed E-state index contributed by atoms with van der Waals surface area (Å²) < 4.78 is 16.6. The summed E-state index contributed by atoms with van der Waals surface area (Å²) in [5, 5.41) is 0. The van der Waals surface area contributed by atoms with Gasteiger partial charge in [-0.25, -0.2) is 8.70 Å². The van der Waals surface area contributed by atoms with Crippen LogP contribution in [0.3, 0.4) is 0 Å². The predicted molar refractivity (Wildman–Crippen MR) is 125 cm³/mol. The van der Waals surface area contributed by atoms with E-state index in [1.54, 1.807) is 24.5 Å². The van der Waals surface area contributed by atoms with Crippen molar-refractivity contribution in [3.05, 3.63) is 83.9 Å². The van der Waals surface area contributed by atoms with Gasteiger partial charge in [0.15, 0.2) is 0 Å². The molecular formula is C25H28FN3S. The molecule has 2 aromatic carbocycles. The Morgan fingerprint density at radius 1 is 0.833 bits per heavy atom. The molecule has 0 amide bonds. The zero-order chi connectivity index (χ0) is 20.8. The number of nitrogens with zero attached hydrogens (tertiary/aromatic N) is 3. The SMILES string of the molecule is CCSN1CCN(c2ccc(CCc3cc(F)cc(-c4ccncc4)c3)cc2)CC1. The Bertz CT molecular complexity index is 938. The van der Waals surface area contributed by atoms with Gasteiger partial charge in [0, 0.05) is 50.0 Å². The number of hydrogen-bond acceptors (Lipinski definition) is 4. The van der Waals surface area contributed by atoms with Crippen molar-refractivity contribution < 1.29 is 4.39 Å². The minimum atomic E-state index is -0.185. The monoisotopic (exact) mass is 421 g/mol. The lowest BCUT2D eigenvalue weighted by Crippen LogP contribution is -2.43. The smallest absolute Gasteiger partial charge is 0.124 e. The standard InChI is InChI=1S/C25H28FN3S/c1-2-30-29-15-13-28(14-16-29)25-7-5-20(6-8-25)3-4-21-17-23(19-24(26)18-21)22-9-11-27-12-10-22/h5-12,17-19H,2-4,13-16H2,1H3. The fraction of sp³-hybridized carbons (Fsp3) is 0.320. The van der Waals surface area contributed by atoms with Gasteiger partial charge in [0.2, 0.25) is 0 Å². The molecule has 4 rings (SSSR count). The van der Waals surface area contributed by atoms with Gasteiger partial charge in [-0.05, 0) is 71.5 Å². The topological polar surface area (TPSA) is 19.4 Å². The molecule has 0 unspecified atom stereocenters. The molecule has 0 radical (unpaired) electrons. The van der Waals surface area contributed by atoms with Crippen molar-refractivity contribution >= 4 is 17.6 Å². The number of halogens is 1. The molecule has 156 valence electrons. The van der Waals surface area contributed by atoms with Gasteiger partial charge >= 0.3 is 0 Å². The maximum atomic E-state index is 14.1. The molecule has 3 aromatic rings. The molecule has 3 nitrogen and oxygen atoms in total. The number of anilines is 1. The van der Waals surface area contributed by atoms with Crippen molar-refractivity contribution in [2.24, 2.45) is 0 Å². The van der Waals surface area contributed by atoms with Crippen molar-refractivity contribution in [2.45, 2.75) is 19.8 Å². The van der Waals surface area contributed by atoms with Crippen LogP contribution in [0.15, 0.2) is 67.0 Å². The van der Waals surface area contributed by atoms with Gasteiger partial charge in [-0.1, -0.05) is 37.1 Å². The number of hydrogen-bond donors (Lipinski definition) is 0. The van der Waals surface area contributed by atoms with E-state index >= 15 is 0 Å². The average Bonchev–Trinajstić information content (AvgIpc) is 2.79. The molecule has 30 heavy (non-hydrogen) atoms. The number of piperazine rings is 1. The van der Waals surface area contributed by atoms with Crippen LogP contribution in [0.4, 0.5) is 10.1 Å². The van der Waals surface area contributed by atoms with Crippen LogP contribution < -0.4 is 4.90 Å². The Hall–Kier alpha value is -2.37. The Labute approximate surface area is 183 Å². The van der Waals surface area contributed by atoms with E-state index in [4.69, 9.17) is 0 Å². The second-order valence-corrected chi connectivity index (χ2v) is 8.94. The third-order valence-electron chi connectivity index (χ3n) is 5.53. The van der Waals surface area contributed by atoms with Gasteiger partial charge in [0.05, 0.1) is 0 Å². The molecule has 0 saturated carbocycles. The quantitative estimate of drug-likeness (QED) is 0.472. The van der Waals surface area contributed by atoms with E-state index in [9.17, 15) is 4.39 Å². The second kappa shape index (κ2) is 10.1. The summed E-state index contributed by atoms with van der Waals surface area (Å²) in [6.07, 6.45) is 5.20. The zero-order valence-electron chi connectivity index (χ0n) is 17.4. The first-order valence-electron chi connectivity index (χ1n) is 10.6. The molecule has 0 spiro atoms. The van der Waals surface area contributed by atoms with Crippen molar-refractivity contribution in [1.82, 2.24) is 9.29 Å². The first-order valence-corrected chi connectivity index (χ1v) is 11.6. The molecule has 0 bridgehead atoms. The predicted octanol–water partition coefficient (Wildman–Crippen LogP) is 5.46. The van der Waals surface area contributed by atoms with Gasteiger partial charge < -0.3 is 4.90 Å². The van der Waals surface area contributed by atoms with Crippen LogP contribution in [-0.4, -0.2) is 41.2 Å². The summed E-state index contributed by atoms with van der Waals surface area (Å²) >= 11 is 1.93. The van der Waals surface area contributed by atoms with E-state index in [1.807, 2.05) is 24.1 Å². The second-order valence-electron chi connectivity index (χ2n) is 7.58. The molecule has 2 heterocycles. The number of rotatable bonds is 7. The summed E-state index contributed by atoms with van der Waals surface area (Å²) in [4.78, 5) is 6.51.